The van der Waals surface area contributed by atoms with Crippen LogP contribution in [0.5, 0.6) is 0 Å². The van der Waals surface area contributed by atoms with Crippen molar-refractivity contribution in [2.45, 2.75) is 44.6 Å². The summed E-state index contributed by atoms with van der Waals surface area (Å²) in [6, 6.07) is -0.646. The van der Waals surface area contributed by atoms with Gasteiger partial charge < -0.3 is 10.5 Å². The SMILES string of the molecule is CC(S)[C@@H](N)C(=O)OC(C)(C)C.Cl. The Morgan fingerprint density at radius 3 is 2.08 bits per heavy atom. The molecule has 0 aliphatic heterocycles. The number of nitrogens with two attached hydrogens (primary N) is 1. The quantitative estimate of drug-likeness (QED) is 0.554. The fourth-order valence-corrected chi connectivity index (χ4v) is 0.688. The third-order valence-corrected chi connectivity index (χ3v) is 1.52. The van der Waals surface area contributed by atoms with Crippen molar-refractivity contribution in [1.82, 2.24) is 0 Å². The zero-order valence-corrected chi connectivity index (χ0v) is 10.1. The van der Waals surface area contributed by atoms with Crippen molar-refractivity contribution in [1.29, 1.82) is 0 Å². The molecule has 0 rings (SSSR count). The highest BCUT2D eigenvalue weighted by Crippen LogP contribution is 2.10. The van der Waals surface area contributed by atoms with Crippen LogP contribution in [0.25, 0.3) is 0 Å². The summed E-state index contributed by atoms with van der Waals surface area (Å²) in [4.78, 5) is 11.2. The number of halogens is 1. The van der Waals surface area contributed by atoms with Crippen LogP contribution in [0.2, 0.25) is 0 Å². The van der Waals surface area contributed by atoms with Crippen molar-refractivity contribution in [2.24, 2.45) is 5.73 Å². The lowest BCUT2D eigenvalue weighted by Gasteiger charge is -2.23. The van der Waals surface area contributed by atoms with Crippen LogP contribution >= 0.6 is 25.0 Å². The average molecular weight is 228 g/mol. The first-order chi connectivity index (χ1) is 5.24. The maximum atomic E-state index is 11.2. The summed E-state index contributed by atoms with van der Waals surface area (Å²) in [5.41, 5.74) is 5.04. The van der Waals surface area contributed by atoms with E-state index in [1.54, 1.807) is 27.7 Å². The van der Waals surface area contributed by atoms with E-state index in [1.807, 2.05) is 0 Å². The minimum absolute atomic E-state index is 0. The molecule has 0 aliphatic carbocycles. The van der Waals surface area contributed by atoms with Crippen LogP contribution in [0, 0.1) is 0 Å². The molecule has 80 valence electrons. The van der Waals surface area contributed by atoms with Gasteiger partial charge in [0.1, 0.15) is 11.6 Å². The summed E-state index contributed by atoms with van der Waals surface area (Å²) in [7, 11) is 0. The minimum Gasteiger partial charge on any atom is -0.459 e. The molecule has 0 fully saturated rings. The zero-order chi connectivity index (χ0) is 9.94. The summed E-state index contributed by atoms with van der Waals surface area (Å²) in [6.45, 7) is 7.18. The summed E-state index contributed by atoms with van der Waals surface area (Å²) in [6.07, 6.45) is 0. The van der Waals surface area contributed by atoms with Crippen LogP contribution in [0.4, 0.5) is 0 Å². The predicted octanol–water partition coefficient (Wildman–Crippen LogP) is 1.40. The molecule has 0 aromatic carbocycles. The topological polar surface area (TPSA) is 52.3 Å². The predicted molar refractivity (Wildman–Crippen MR) is 59.5 cm³/mol. The van der Waals surface area contributed by atoms with E-state index in [4.69, 9.17) is 10.5 Å². The van der Waals surface area contributed by atoms with Gasteiger partial charge in [-0.3, -0.25) is 4.79 Å². The maximum absolute atomic E-state index is 11.2. The highest BCUT2D eigenvalue weighted by molar-refractivity contribution is 7.81. The van der Waals surface area contributed by atoms with Crippen molar-refractivity contribution in [2.75, 3.05) is 0 Å². The molecule has 0 amide bonds. The first kappa shape index (κ1) is 15.5. The highest BCUT2D eigenvalue weighted by Gasteiger charge is 2.24. The van der Waals surface area contributed by atoms with Gasteiger partial charge in [0, 0.05) is 5.25 Å². The van der Waals surface area contributed by atoms with Crippen molar-refractivity contribution in [3.63, 3.8) is 0 Å². The molecular weight excluding hydrogens is 210 g/mol. The molecule has 0 aliphatic rings. The van der Waals surface area contributed by atoms with Crippen molar-refractivity contribution >= 4 is 31.0 Å². The number of rotatable bonds is 2. The summed E-state index contributed by atoms with van der Waals surface area (Å²) in [5.74, 6) is -0.398. The molecule has 2 atom stereocenters. The Morgan fingerprint density at radius 1 is 1.46 bits per heavy atom. The van der Waals surface area contributed by atoms with Crippen molar-refractivity contribution in [3.05, 3.63) is 0 Å². The summed E-state index contributed by atoms with van der Waals surface area (Å²) < 4.78 is 5.05. The van der Waals surface area contributed by atoms with Crippen LogP contribution in [0.1, 0.15) is 27.7 Å². The first-order valence-electron chi connectivity index (χ1n) is 3.90. The number of esters is 1. The van der Waals surface area contributed by atoms with Gasteiger partial charge in [-0.15, -0.1) is 12.4 Å². The number of hydrogen-bond donors (Lipinski definition) is 2. The first-order valence-corrected chi connectivity index (χ1v) is 4.42. The van der Waals surface area contributed by atoms with Gasteiger partial charge >= 0.3 is 5.97 Å². The van der Waals surface area contributed by atoms with E-state index >= 15 is 0 Å². The second kappa shape index (κ2) is 5.73. The van der Waals surface area contributed by atoms with Gasteiger partial charge in [-0.05, 0) is 20.8 Å². The number of hydrogen-bond acceptors (Lipinski definition) is 4. The Morgan fingerprint density at radius 2 is 1.85 bits per heavy atom. The molecular formula is C8H18ClNO2S. The van der Waals surface area contributed by atoms with Gasteiger partial charge in [0.15, 0.2) is 0 Å². The molecule has 0 radical (unpaired) electrons. The van der Waals surface area contributed by atoms with E-state index in [0.29, 0.717) is 0 Å². The fourth-order valence-electron chi connectivity index (χ4n) is 0.567. The Kier molecular flexibility index (Phi) is 6.85. The molecule has 2 N–H and O–H groups in total. The number of carbonyl (C=O) groups excluding carboxylic acids is 1. The molecule has 0 heterocycles. The molecule has 0 saturated carbocycles. The average Bonchev–Trinajstić information content (AvgIpc) is 1.82. The van der Waals surface area contributed by atoms with E-state index in [-0.39, 0.29) is 17.7 Å². The second-order valence-electron chi connectivity index (χ2n) is 3.80. The Labute approximate surface area is 91.2 Å². The smallest absolute Gasteiger partial charge is 0.324 e. The van der Waals surface area contributed by atoms with Gasteiger partial charge in [-0.25, -0.2) is 0 Å². The standard InChI is InChI=1S/C8H17NO2S.ClH/c1-5(12)6(9)7(10)11-8(2,3)4;/h5-6,12H,9H2,1-4H3;1H/t5?,6-;/m1./s1. The van der Waals surface area contributed by atoms with Crippen molar-refractivity contribution in [3.8, 4) is 0 Å². The van der Waals surface area contributed by atoms with Crippen LogP contribution in [-0.4, -0.2) is 22.9 Å². The number of thiol groups is 1. The molecule has 3 nitrogen and oxygen atoms in total. The Bertz CT molecular complexity index is 168. The second-order valence-corrected chi connectivity index (χ2v) is 4.61. The highest BCUT2D eigenvalue weighted by atomic mass is 35.5. The number of ether oxygens (including phenoxy) is 1. The molecule has 0 aromatic rings. The lowest BCUT2D eigenvalue weighted by Crippen LogP contribution is -2.42. The molecule has 13 heavy (non-hydrogen) atoms. The van der Waals surface area contributed by atoms with E-state index in [1.165, 1.54) is 0 Å². The van der Waals surface area contributed by atoms with E-state index in [0.717, 1.165) is 0 Å². The number of carbonyl (C=O) groups is 1. The van der Waals surface area contributed by atoms with Gasteiger partial charge in [0.05, 0.1) is 0 Å². The minimum atomic E-state index is -0.646. The lowest BCUT2D eigenvalue weighted by atomic mass is 10.2. The zero-order valence-electron chi connectivity index (χ0n) is 8.40. The molecule has 5 heteroatoms. The summed E-state index contributed by atoms with van der Waals surface area (Å²) >= 11 is 4.06. The fraction of sp³-hybridized carbons (Fsp3) is 0.875. The Balaban J connectivity index is 0. The summed E-state index contributed by atoms with van der Waals surface area (Å²) in [5, 5.41) is -0.181. The van der Waals surface area contributed by atoms with Crippen LogP contribution in [0.15, 0.2) is 0 Å². The molecule has 0 spiro atoms. The Hall–Kier alpha value is 0.0700. The lowest BCUT2D eigenvalue weighted by molar-refractivity contribution is -0.156. The third kappa shape index (κ3) is 7.16. The van der Waals surface area contributed by atoms with Gasteiger partial charge in [0.2, 0.25) is 0 Å². The van der Waals surface area contributed by atoms with Crippen LogP contribution in [-0.2, 0) is 9.53 Å². The van der Waals surface area contributed by atoms with Crippen molar-refractivity contribution < 1.29 is 9.53 Å². The van der Waals surface area contributed by atoms with E-state index in [2.05, 4.69) is 12.6 Å². The van der Waals surface area contributed by atoms with E-state index in [9.17, 15) is 4.79 Å². The van der Waals surface area contributed by atoms with Crippen LogP contribution in [0.3, 0.4) is 0 Å². The molecule has 0 saturated heterocycles. The van der Waals surface area contributed by atoms with Gasteiger partial charge in [0.25, 0.3) is 0 Å². The monoisotopic (exact) mass is 227 g/mol. The van der Waals surface area contributed by atoms with Gasteiger partial charge in [-0.2, -0.15) is 12.6 Å². The van der Waals surface area contributed by atoms with Gasteiger partial charge in [-0.1, -0.05) is 6.92 Å². The molecule has 0 aromatic heterocycles. The largest absolute Gasteiger partial charge is 0.459 e. The van der Waals surface area contributed by atoms with Crippen LogP contribution < -0.4 is 5.73 Å². The maximum Gasteiger partial charge on any atom is 0.324 e. The third-order valence-electron chi connectivity index (χ3n) is 1.20. The molecule has 1 unspecified atom stereocenters. The molecule has 0 bridgehead atoms. The van der Waals surface area contributed by atoms with E-state index < -0.39 is 17.6 Å². The normalized spacial score (nSPS) is 15.5.